The number of urea groups is 1. The predicted octanol–water partition coefficient (Wildman–Crippen LogP) is 4.08. The van der Waals surface area contributed by atoms with Gasteiger partial charge in [-0.25, -0.2) is 14.2 Å². The van der Waals surface area contributed by atoms with Crippen molar-refractivity contribution >= 4 is 39.5 Å². The molecule has 2 aromatic carbocycles. The lowest BCUT2D eigenvalue weighted by Crippen LogP contribution is -2.40. The number of halogens is 2. The van der Waals surface area contributed by atoms with E-state index >= 15 is 0 Å². The molecule has 162 valence electrons. The molecule has 1 saturated heterocycles. The molecule has 8 nitrogen and oxygen atoms in total. The Labute approximate surface area is 190 Å². The van der Waals surface area contributed by atoms with Gasteiger partial charge in [0, 0.05) is 11.9 Å². The molecule has 0 radical (unpaired) electrons. The highest BCUT2D eigenvalue weighted by Crippen LogP contribution is 2.31. The average Bonchev–Trinajstić information content (AvgIpc) is 3.03. The van der Waals surface area contributed by atoms with E-state index in [9.17, 15) is 18.8 Å². The monoisotopic (exact) mass is 498 g/mol. The smallest absolute Gasteiger partial charge is 0.322 e. The molecule has 0 saturated carbocycles. The Morgan fingerprint density at radius 2 is 1.97 bits per heavy atom. The molecule has 0 aliphatic carbocycles. The van der Waals surface area contributed by atoms with Crippen LogP contribution in [-0.2, 0) is 10.3 Å². The molecular weight excluding hydrogens is 483 g/mol. The molecule has 3 N–H and O–H groups in total. The summed E-state index contributed by atoms with van der Waals surface area (Å²) in [5, 5.41) is 7.52. The summed E-state index contributed by atoms with van der Waals surface area (Å²) < 4.78 is 19.4. The Morgan fingerprint density at radius 1 is 1.16 bits per heavy atom. The first-order valence-electron chi connectivity index (χ1n) is 9.40. The summed E-state index contributed by atoms with van der Waals surface area (Å²) in [6.45, 7) is 1.57. The van der Waals surface area contributed by atoms with E-state index in [4.69, 9.17) is 4.74 Å². The summed E-state index contributed by atoms with van der Waals surface area (Å²) in [4.78, 5) is 40.8. The van der Waals surface area contributed by atoms with Crippen LogP contribution in [0.25, 0.3) is 0 Å². The molecule has 1 aliphatic rings. The number of anilines is 1. The van der Waals surface area contributed by atoms with E-state index in [0.717, 1.165) is 0 Å². The zero-order chi connectivity index (χ0) is 22.9. The largest absolute Gasteiger partial charge is 0.437 e. The van der Waals surface area contributed by atoms with Gasteiger partial charge in [0.05, 0.1) is 4.47 Å². The minimum Gasteiger partial charge on any atom is -0.437 e. The molecule has 0 bridgehead atoms. The topological polar surface area (TPSA) is 109 Å². The van der Waals surface area contributed by atoms with Crippen molar-refractivity contribution in [1.82, 2.24) is 15.6 Å². The number of amides is 4. The van der Waals surface area contributed by atoms with Crippen molar-refractivity contribution in [3.63, 3.8) is 0 Å². The van der Waals surface area contributed by atoms with Crippen molar-refractivity contribution < 1.29 is 23.5 Å². The van der Waals surface area contributed by atoms with Crippen LogP contribution in [0.15, 0.2) is 65.3 Å². The number of carbonyl (C=O) groups is 3. The van der Waals surface area contributed by atoms with Crippen molar-refractivity contribution in [2.24, 2.45) is 0 Å². The molecule has 4 rings (SSSR count). The maximum atomic E-state index is 13.3. The van der Waals surface area contributed by atoms with Gasteiger partial charge < -0.3 is 15.4 Å². The molecule has 1 atom stereocenters. The second-order valence-corrected chi connectivity index (χ2v) is 7.96. The molecule has 1 aromatic heterocycles. The number of rotatable bonds is 5. The number of imide groups is 1. The fraction of sp³-hybridized carbons (Fsp3) is 0.0909. The lowest BCUT2D eigenvalue weighted by atomic mass is 9.92. The van der Waals surface area contributed by atoms with Crippen LogP contribution in [0.5, 0.6) is 11.6 Å². The number of ether oxygens (including phenoxy) is 1. The average molecular weight is 499 g/mol. The van der Waals surface area contributed by atoms with Gasteiger partial charge in [-0.1, -0.05) is 12.1 Å². The third-order valence-corrected chi connectivity index (χ3v) is 5.48. The second-order valence-electron chi connectivity index (χ2n) is 7.10. The highest BCUT2D eigenvalue weighted by molar-refractivity contribution is 9.10. The van der Waals surface area contributed by atoms with Gasteiger partial charge in [0.2, 0.25) is 5.88 Å². The Hall–Kier alpha value is -3.79. The maximum Gasteiger partial charge on any atom is 0.322 e. The normalized spacial score (nSPS) is 17.5. The van der Waals surface area contributed by atoms with Crippen LogP contribution < -0.4 is 20.7 Å². The lowest BCUT2D eigenvalue weighted by Gasteiger charge is -2.21. The summed E-state index contributed by atoms with van der Waals surface area (Å²) in [5.41, 5.74) is -0.209. The molecule has 2 heterocycles. The third-order valence-electron chi connectivity index (χ3n) is 4.86. The summed E-state index contributed by atoms with van der Waals surface area (Å²) in [6.07, 6.45) is 1.46. The number of aromatic nitrogens is 1. The zero-order valence-corrected chi connectivity index (χ0v) is 18.2. The summed E-state index contributed by atoms with van der Waals surface area (Å²) in [7, 11) is 0. The number of hydrogen-bond donors (Lipinski definition) is 3. The standard InChI is InChI=1S/C22H16BrFN4O4/c1-22(20(30)27-21(31)28-22)12-4-2-5-14(10-12)26-18(29)15-6-3-9-25-19(15)32-17-8-7-13(24)11-16(17)23/h2-11H,1H3,(H,26,29)(H2,27,28,30,31). The van der Waals surface area contributed by atoms with Crippen molar-refractivity contribution in [2.75, 3.05) is 5.32 Å². The fourth-order valence-electron chi connectivity index (χ4n) is 3.16. The molecule has 1 unspecified atom stereocenters. The van der Waals surface area contributed by atoms with Crippen LogP contribution in [-0.4, -0.2) is 22.8 Å². The summed E-state index contributed by atoms with van der Waals surface area (Å²) in [6, 6.07) is 13.0. The number of benzene rings is 2. The highest BCUT2D eigenvalue weighted by Gasteiger charge is 2.43. The molecule has 32 heavy (non-hydrogen) atoms. The Kier molecular flexibility index (Phi) is 5.62. The zero-order valence-electron chi connectivity index (χ0n) is 16.6. The van der Waals surface area contributed by atoms with Gasteiger partial charge in [-0.15, -0.1) is 0 Å². The first-order valence-corrected chi connectivity index (χ1v) is 10.2. The minimum absolute atomic E-state index is 0.0304. The summed E-state index contributed by atoms with van der Waals surface area (Å²) in [5.74, 6) is -1.11. The SMILES string of the molecule is CC1(c2cccc(NC(=O)c3cccnc3Oc3ccc(F)cc3Br)c2)NC(=O)NC1=O. The van der Waals surface area contributed by atoms with Crippen molar-refractivity contribution in [3.8, 4) is 11.6 Å². The summed E-state index contributed by atoms with van der Waals surface area (Å²) >= 11 is 3.22. The Bertz CT molecular complexity index is 1250. The van der Waals surface area contributed by atoms with Crippen LogP contribution >= 0.6 is 15.9 Å². The van der Waals surface area contributed by atoms with E-state index in [1.807, 2.05) is 0 Å². The van der Waals surface area contributed by atoms with E-state index in [-0.39, 0.29) is 17.2 Å². The third kappa shape index (κ3) is 4.17. The van der Waals surface area contributed by atoms with Crippen LogP contribution in [0.4, 0.5) is 14.9 Å². The van der Waals surface area contributed by atoms with E-state index in [0.29, 0.717) is 15.7 Å². The lowest BCUT2D eigenvalue weighted by molar-refractivity contribution is -0.123. The molecule has 1 aliphatic heterocycles. The number of nitrogens with zero attached hydrogens (tertiary/aromatic N) is 1. The molecule has 0 spiro atoms. The van der Waals surface area contributed by atoms with Gasteiger partial charge in [-0.3, -0.25) is 14.9 Å². The maximum absolute atomic E-state index is 13.3. The van der Waals surface area contributed by atoms with Crippen LogP contribution in [0.1, 0.15) is 22.8 Å². The van der Waals surface area contributed by atoms with Crippen LogP contribution in [0.3, 0.4) is 0 Å². The highest BCUT2D eigenvalue weighted by atomic mass is 79.9. The van der Waals surface area contributed by atoms with Crippen molar-refractivity contribution in [1.29, 1.82) is 0 Å². The van der Waals surface area contributed by atoms with Gasteiger partial charge in [-0.05, 0) is 70.9 Å². The quantitative estimate of drug-likeness (QED) is 0.459. The van der Waals surface area contributed by atoms with E-state index in [1.54, 1.807) is 37.3 Å². The number of nitrogens with one attached hydrogen (secondary N) is 3. The van der Waals surface area contributed by atoms with Crippen LogP contribution in [0.2, 0.25) is 0 Å². The van der Waals surface area contributed by atoms with E-state index in [1.165, 1.54) is 30.5 Å². The van der Waals surface area contributed by atoms with Crippen LogP contribution in [0, 0.1) is 5.82 Å². The first kappa shape index (κ1) is 21.4. The predicted molar refractivity (Wildman–Crippen MR) is 117 cm³/mol. The van der Waals surface area contributed by atoms with Gasteiger partial charge in [0.1, 0.15) is 22.7 Å². The number of pyridine rings is 1. The Morgan fingerprint density at radius 3 is 2.69 bits per heavy atom. The van der Waals surface area contributed by atoms with Gasteiger partial charge in [-0.2, -0.15) is 0 Å². The van der Waals surface area contributed by atoms with E-state index in [2.05, 4.69) is 36.9 Å². The molecule has 10 heteroatoms. The number of hydrogen-bond acceptors (Lipinski definition) is 5. The first-order chi connectivity index (χ1) is 15.3. The van der Waals surface area contributed by atoms with Crippen molar-refractivity contribution in [2.45, 2.75) is 12.5 Å². The minimum atomic E-state index is -1.25. The second kappa shape index (κ2) is 8.39. The molecule has 4 amide bonds. The van der Waals surface area contributed by atoms with Gasteiger partial charge in [0.15, 0.2) is 0 Å². The molecule has 1 fully saturated rings. The number of carbonyl (C=O) groups excluding carboxylic acids is 3. The van der Waals surface area contributed by atoms with Crippen molar-refractivity contribution in [3.05, 3.63) is 82.2 Å². The Balaban J connectivity index is 1.58. The van der Waals surface area contributed by atoms with Gasteiger partial charge >= 0.3 is 6.03 Å². The van der Waals surface area contributed by atoms with E-state index < -0.39 is 29.2 Å². The van der Waals surface area contributed by atoms with Gasteiger partial charge in [0.25, 0.3) is 11.8 Å². The molecular formula is C22H16BrFN4O4. The molecule has 3 aromatic rings. The fourth-order valence-corrected chi connectivity index (χ4v) is 3.59.